The van der Waals surface area contributed by atoms with Crippen LogP contribution in [0, 0.1) is 0 Å². The Labute approximate surface area is 98.4 Å². The standard InChI is InChI=1S/C14H22N2/c1-16(2)14-10-12(8-9-13(14)15)11-6-4-3-5-7-11/h3-7,12-14H,8-10,15H2,1-2H3/t12-,13-,14-/m0/s1. The van der Waals surface area contributed by atoms with Crippen molar-refractivity contribution in [2.75, 3.05) is 14.1 Å². The van der Waals surface area contributed by atoms with Crippen LogP contribution in [-0.2, 0) is 0 Å². The van der Waals surface area contributed by atoms with Crippen molar-refractivity contribution in [2.45, 2.75) is 37.3 Å². The van der Waals surface area contributed by atoms with E-state index in [-0.39, 0.29) is 0 Å². The van der Waals surface area contributed by atoms with Gasteiger partial charge >= 0.3 is 0 Å². The molecule has 0 bridgehead atoms. The molecule has 3 atom stereocenters. The smallest absolute Gasteiger partial charge is 0.0246 e. The van der Waals surface area contributed by atoms with Crippen LogP contribution in [0.5, 0.6) is 0 Å². The maximum atomic E-state index is 6.18. The Morgan fingerprint density at radius 1 is 1.12 bits per heavy atom. The van der Waals surface area contributed by atoms with Crippen LogP contribution in [0.3, 0.4) is 0 Å². The van der Waals surface area contributed by atoms with Crippen molar-refractivity contribution < 1.29 is 0 Å². The largest absolute Gasteiger partial charge is 0.326 e. The van der Waals surface area contributed by atoms with Crippen molar-refractivity contribution in [3.8, 4) is 0 Å². The highest BCUT2D eigenvalue weighted by molar-refractivity contribution is 5.20. The van der Waals surface area contributed by atoms with Gasteiger partial charge in [0.05, 0.1) is 0 Å². The highest BCUT2D eigenvalue weighted by Crippen LogP contribution is 2.33. The highest BCUT2D eigenvalue weighted by Gasteiger charge is 2.29. The van der Waals surface area contributed by atoms with Crippen molar-refractivity contribution >= 4 is 0 Å². The molecule has 1 aliphatic rings. The third-order valence-corrected chi connectivity index (χ3v) is 3.80. The van der Waals surface area contributed by atoms with E-state index in [1.807, 2.05) is 0 Å². The van der Waals surface area contributed by atoms with Crippen molar-refractivity contribution in [3.05, 3.63) is 35.9 Å². The van der Waals surface area contributed by atoms with Crippen LogP contribution in [0.15, 0.2) is 30.3 Å². The zero-order valence-electron chi connectivity index (χ0n) is 10.3. The lowest BCUT2D eigenvalue weighted by Crippen LogP contribution is -2.47. The molecule has 0 aromatic heterocycles. The van der Waals surface area contributed by atoms with Gasteiger partial charge in [-0.1, -0.05) is 30.3 Å². The number of nitrogens with two attached hydrogens (primary N) is 1. The molecule has 16 heavy (non-hydrogen) atoms. The predicted molar refractivity (Wildman–Crippen MR) is 68.5 cm³/mol. The molecule has 88 valence electrons. The first kappa shape index (κ1) is 11.6. The zero-order chi connectivity index (χ0) is 11.5. The summed E-state index contributed by atoms with van der Waals surface area (Å²) in [6.45, 7) is 0. The van der Waals surface area contributed by atoms with Crippen LogP contribution in [-0.4, -0.2) is 31.1 Å². The lowest BCUT2D eigenvalue weighted by Gasteiger charge is -2.38. The fraction of sp³-hybridized carbons (Fsp3) is 0.571. The number of rotatable bonds is 2. The van der Waals surface area contributed by atoms with E-state index < -0.39 is 0 Å². The van der Waals surface area contributed by atoms with Gasteiger partial charge in [-0.2, -0.15) is 0 Å². The summed E-state index contributed by atoms with van der Waals surface area (Å²) in [5, 5.41) is 0. The Hall–Kier alpha value is -0.860. The minimum absolute atomic E-state index is 0.343. The molecule has 1 aliphatic carbocycles. The molecule has 0 heterocycles. The van der Waals surface area contributed by atoms with Crippen molar-refractivity contribution in [3.63, 3.8) is 0 Å². The minimum Gasteiger partial charge on any atom is -0.326 e. The molecule has 0 aliphatic heterocycles. The van der Waals surface area contributed by atoms with Crippen LogP contribution < -0.4 is 5.73 Å². The van der Waals surface area contributed by atoms with E-state index in [0.717, 1.165) is 6.42 Å². The predicted octanol–water partition coefficient (Wildman–Crippen LogP) is 2.21. The first-order chi connectivity index (χ1) is 7.68. The summed E-state index contributed by atoms with van der Waals surface area (Å²) in [5.74, 6) is 0.688. The first-order valence-corrected chi connectivity index (χ1v) is 6.15. The maximum absolute atomic E-state index is 6.18. The Kier molecular flexibility index (Phi) is 3.62. The average Bonchev–Trinajstić information content (AvgIpc) is 2.30. The van der Waals surface area contributed by atoms with Gasteiger partial charge in [-0.05, 0) is 44.8 Å². The summed E-state index contributed by atoms with van der Waals surface area (Å²) in [5.41, 5.74) is 7.65. The zero-order valence-corrected chi connectivity index (χ0v) is 10.3. The molecule has 1 fully saturated rings. The Morgan fingerprint density at radius 3 is 2.44 bits per heavy atom. The van der Waals surface area contributed by atoms with Gasteiger partial charge in [0.25, 0.3) is 0 Å². The molecule has 1 aromatic carbocycles. The molecule has 2 heteroatoms. The normalized spacial score (nSPS) is 30.6. The summed E-state index contributed by atoms with van der Waals surface area (Å²) in [7, 11) is 4.27. The van der Waals surface area contributed by atoms with E-state index in [9.17, 15) is 0 Å². The lowest BCUT2D eigenvalue weighted by molar-refractivity contribution is 0.186. The summed E-state index contributed by atoms with van der Waals surface area (Å²) in [6, 6.07) is 11.7. The van der Waals surface area contributed by atoms with E-state index >= 15 is 0 Å². The van der Waals surface area contributed by atoms with Crippen LogP contribution in [0.2, 0.25) is 0 Å². The summed E-state index contributed by atoms with van der Waals surface area (Å²) in [4.78, 5) is 2.28. The highest BCUT2D eigenvalue weighted by atomic mass is 15.1. The fourth-order valence-electron chi connectivity index (χ4n) is 2.79. The number of hydrogen-bond donors (Lipinski definition) is 1. The maximum Gasteiger partial charge on any atom is 0.0246 e. The van der Waals surface area contributed by atoms with Gasteiger partial charge in [-0.15, -0.1) is 0 Å². The Morgan fingerprint density at radius 2 is 1.81 bits per heavy atom. The number of benzene rings is 1. The van der Waals surface area contributed by atoms with Crippen molar-refractivity contribution in [1.29, 1.82) is 0 Å². The molecule has 1 aromatic rings. The van der Waals surface area contributed by atoms with Gasteiger partial charge in [0.1, 0.15) is 0 Å². The van der Waals surface area contributed by atoms with Gasteiger partial charge in [0, 0.05) is 12.1 Å². The molecule has 0 amide bonds. The van der Waals surface area contributed by atoms with E-state index in [1.54, 1.807) is 0 Å². The topological polar surface area (TPSA) is 29.3 Å². The molecule has 0 radical (unpaired) electrons. The summed E-state index contributed by atoms with van der Waals surface area (Å²) in [6.07, 6.45) is 3.57. The first-order valence-electron chi connectivity index (χ1n) is 6.15. The third kappa shape index (κ3) is 2.45. The van der Waals surface area contributed by atoms with Gasteiger partial charge in [0.2, 0.25) is 0 Å². The minimum atomic E-state index is 0.343. The Bertz CT molecular complexity index is 321. The number of likely N-dealkylation sites (N-methyl/N-ethyl adjacent to an activating group) is 1. The third-order valence-electron chi connectivity index (χ3n) is 3.80. The molecule has 0 saturated heterocycles. The summed E-state index contributed by atoms with van der Waals surface area (Å²) >= 11 is 0. The monoisotopic (exact) mass is 218 g/mol. The van der Waals surface area contributed by atoms with Crippen LogP contribution >= 0.6 is 0 Å². The van der Waals surface area contributed by atoms with Gasteiger partial charge in [0.15, 0.2) is 0 Å². The number of nitrogens with zero attached hydrogens (tertiary/aromatic N) is 1. The van der Waals surface area contributed by atoms with Crippen LogP contribution in [0.1, 0.15) is 30.7 Å². The van der Waals surface area contributed by atoms with Gasteiger partial charge in [-0.25, -0.2) is 0 Å². The second kappa shape index (κ2) is 4.98. The van der Waals surface area contributed by atoms with Crippen molar-refractivity contribution in [1.82, 2.24) is 4.90 Å². The lowest BCUT2D eigenvalue weighted by atomic mass is 9.78. The molecule has 2 rings (SSSR count). The van der Waals surface area contributed by atoms with Gasteiger partial charge < -0.3 is 10.6 Å². The number of hydrogen-bond acceptors (Lipinski definition) is 2. The molecule has 2 N–H and O–H groups in total. The second-order valence-electron chi connectivity index (χ2n) is 5.12. The molecule has 1 saturated carbocycles. The average molecular weight is 218 g/mol. The summed E-state index contributed by atoms with van der Waals surface area (Å²) < 4.78 is 0. The van der Waals surface area contributed by atoms with E-state index in [0.29, 0.717) is 18.0 Å². The molecular weight excluding hydrogens is 196 g/mol. The molecule has 2 nitrogen and oxygen atoms in total. The van der Waals surface area contributed by atoms with Crippen molar-refractivity contribution in [2.24, 2.45) is 5.73 Å². The fourth-order valence-corrected chi connectivity index (χ4v) is 2.79. The van der Waals surface area contributed by atoms with E-state index in [4.69, 9.17) is 5.73 Å². The molecular formula is C14H22N2. The van der Waals surface area contributed by atoms with Crippen LogP contribution in [0.4, 0.5) is 0 Å². The molecule has 0 unspecified atom stereocenters. The second-order valence-corrected chi connectivity index (χ2v) is 5.12. The van der Waals surface area contributed by atoms with E-state index in [1.165, 1.54) is 18.4 Å². The Balaban J connectivity index is 2.09. The quantitative estimate of drug-likeness (QED) is 0.824. The van der Waals surface area contributed by atoms with E-state index in [2.05, 4.69) is 49.3 Å². The SMILES string of the molecule is CN(C)[C@H]1C[C@@H](c2ccccc2)CC[C@@H]1N. The van der Waals surface area contributed by atoms with Gasteiger partial charge in [-0.3, -0.25) is 0 Å². The molecule has 0 spiro atoms. The van der Waals surface area contributed by atoms with Crippen LogP contribution in [0.25, 0.3) is 0 Å².